The van der Waals surface area contributed by atoms with E-state index < -0.39 is 11.9 Å². The molecule has 0 aromatic carbocycles. The zero-order valence-corrected chi connectivity index (χ0v) is 12.4. The van der Waals surface area contributed by atoms with Crippen molar-refractivity contribution in [1.29, 1.82) is 0 Å². The van der Waals surface area contributed by atoms with Crippen LogP contribution in [-0.2, 0) is 14.4 Å². The first-order valence-corrected chi connectivity index (χ1v) is 7.09. The van der Waals surface area contributed by atoms with Crippen molar-refractivity contribution in [2.45, 2.75) is 65.2 Å². The molecular weight excluding hydrogens is 260 g/mol. The molecule has 0 amide bonds. The second-order valence-electron chi connectivity index (χ2n) is 4.42. The second-order valence-corrected chi connectivity index (χ2v) is 4.42. The highest BCUT2D eigenvalue weighted by Crippen LogP contribution is 2.07. The molecule has 0 aliphatic rings. The van der Waals surface area contributed by atoms with Crippen molar-refractivity contribution in [2.75, 3.05) is 0 Å². The van der Waals surface area contributed by atoms with Gasteiger partial charge in [0.15, 0.2) is 0 Å². The van der Waals surface area contributed by atoms with Crippen LogP contribution in [0.2, 0.25) is 0 Å². The summed E-state index contributed by atoms with van der Waals surface area (Å²) in [5.41, 5.74) is 0. The summed E-state index contributed by atoms with van der Waals surface area (Å²) in [5.74, 6) is -2.09. The van der Waals surface area contributed by atoms with Gasteiger partial charge in [-0.3, -0.25) is 4.79 Å². The van der Waals surface area contributed by atoms with Gasteiger partial charge in [0, 0.05) is 25.0 Å². The fraction of sp³-hybridized carbons (Fsp3) is 0.667. The van der Waals surface area contributed by atoms with Crippen molar-refractivity contribution in [2.24, 2.45) is 0 Å². The normalized spacial score (nSPS) is 9.90. The lowest BCUT2D eigenvalue weighted by Gasteiger charge is -1.98. The van der Waals surface area contributed by atoms with E-state index in [9.17, 15) is 14.4 Å². The van der Waals surface area contributed by atoms with Crippen molar-refractivity contribution in [3.63, 3.8) is 0 Å². The molecule has 0 spiro atoms. The van der Waals surface area contributed by atoms with E-state index in [1.807, 2.05) is 6.92 Å². The van der Waals surface area contributed by atoms with Gasteiger partial charge in [0.2, 0.25) is 0 Å². The highest BCUT2D eigenvalue weighted by atomic mass is 16.4. The lowest BCUT2D eigenvalue weighted by molar-refractivity contribution is -0.134. The molecule has 0 aliphatic carbocycles. The van der Waals surface area contributed by atoms with Gasteiger partial charge in [-0.2, -0.15) is 0 Å². The molecule has 0 aromatic rings. The van der Waals surface area contributed by atoms with Crippen LogP contribution in [0.5, 0.6) is 0 Å². The summed E-state index contributed by atoms with van der Waals surface area (Å²) < 4.78 is 0. The van der Waals surface area contributed by atoms with Crippen LogP contribution in [0, 0.1) is 0 Å². The number of carboxylic acids is 2. The van der Waals surface area contributed by atoms with E-state index in [0.717, 1.165) is 19.3 Å². The predicted octanol–water partition coefficient (Wildman–Crippen LogP) is 3.43. The summed E-state index contributed by atoms with van der Waals surface area (Å²) in [4.78, 5) is 30.0. The van der Waals surface area contributed by atoms with Crippen LogP contribution in [-0.4, -0.2) is 27.9 Å². The fourth-order valence-corrected chi connectivity index (χ4v) is 1.42. The zero-order valence-electron chi connectivity index (χ0n) is 12.4. The summed E-state index contributed by atoms with van der Waals surface area (Å²) >= 11 is 0. The molecule has 0 heterocycles. The van der Waals surface area contributed by atoms with Gasteiger partial charge in [0.25, 0.3) is 0 Å². The van der Waals surface area contributed by atoms with E-state index in [1.165, 1.54) is 32.1 Å². The molecule has 0 bridgehead atoms. The third-order valence-corrected chi connectivity index (χ3v) is 2.57. The lowest BCUT2D eigenvalue weighted by Crippen LogP contribution is -1.93. The first-order chi connectivity index (χ1) is 9.43. The summed E-state index contributed by atoms with van der Waals surface area (Å²) in [5, 5.41) is 15.6. The molecule has 116 valence electrons. The molecule has 0 saturated carbocycles. The van der Waals surface area contributed by atoms with Gasteiger partial charge in [-0.25, -0.2) is 9.59 Å². The van der Waals surface area contributed by atoms with Gasteiger partial charge < -0.3 is 10.2 Å². The molecule has 0 atom stereocenters. The fourth-order valence-electron chi connectivity index (χ4n) is 1.42. The number of hydrogen-bond donors (Lipinski definition) is 2. The smallest absolute Gasteiger partial charge is 0.328 e. The minimum Gasteiger partial charge on any atom is -0.478 e. The molecule has 0 fully saturated rings. The average molecular weight is 286 g/mol. The summed E-state index contributed by atoms with van der Waals surface area (Å²) in [6, 6.07) is 0. The molecule has 0 rings (SSSR count). The predicted molar refractivity (Wildman–Crippen MR) is 77.7 cm³/mol. The third kappa shape index (κ3) is 21.6. The number of rotatable bonds is 10. The lowest BCUT2D eigenvalue weighted by atomic mass is 10.1. The number of carboxylic acid groups (broad SMARTS) is 2. The molecule has 20 heavy (non-hydrogen) atoms. The van der Waals surface area contributed by atoms with Crippen molar-refractivity contribution in [3.05, 3.63) is 12.2 Å². The van der Waals surface area contributed by atoms with Crippen LogP contribution < -0.4 is 0 Å². The van der Waals surface area contributed by atoms with Gasteiger partial charge in [-0.05, 0) is 6.42 Å². The Morgan fingerprint density at radius 1 is 0.800 bits per heavy atom. The number of aliphatic carboxylic acids is 2. The Kier molecular flexibility index (Phi) is 15.9. The average Bonchev–Trinajstić information content (AvgIpc) is 2.40. The molecule has 0 saturated heterocycles. The quantitative estimate of drug-likeness (QED) is 0.474. The topological polar surface area (TPSA) is 91.7 Å². The highest BCUT2D eigenvalue weighted by molar-refractivity contribution is 5.89. The molecule has 0 radical (unpaired) electrons. The van der Waals surface area contributed by atoms with E-state index in [1.54, 1.807) is 0 Å². The standard InChI is InChI=1S/C11H22O.C4H4O4/c1-3-5-6-7-8-9-10-11(12)4-2;5-3(6)1-2-4(7)8/h3-10H2,1-2H3;1-2H,(H,5,6)(H,7,8)/b;2-1-. The number of carbonyl (C=O) groups excluding carboxylic acids is 1. The highest BCUT2D eigenvalue weighted by Gasteiger charge is 1.96. The van der Waals surface area contributed by atoms with Crippen LogP contribution in [0.1, 0.15) is 65.2 Å². The second kappa shape index (κ2) is 15.4. The molecule has 0 aromatic heterocycles. The number of carbonyl (C=O) groups is 3. The van der Waals surface area contributed by atoms with Gasteiger partial charge >= 0.3 is 11.9 Å². The minimum atomic E-state index is -1.26. The summed E-state index contributed by atoms with van der Waals surface area (Å²) in [6.45, 7) is 4.17. The van der Waals surface area contributed by atoms with E-state index in [-0.39, 0.29) is 0 Å². The maximum atomic E-state index is 10.9. The molecule has 5 nitrogen and oxygen atoms in total. The Labute approximate surface area is 120 Å². The Balaban J connectivity index is 0. The van der Waals surface area contributed by atoms with Crippen molar-refractivity contribution >= 4 is 17.7 Å². The Morgan fingerprint density at radius 3 is 1.65 bits per heavy atom. The number of unbranched alkanes of at least 4 members (excludes halogenated alkanes) is 5. The monoisotopic (exact) mass is 286 g/mol. The SMILES string of the molecule is CCCCCCCCC(=O)CC.O=C(O)/C=C\C(=O)O. The minimum absolute atomic E-state index is 0.422. The summed E-state index contributed by atoms with van der Waals surface area (Å²) in [7, 11) is 0. The van der Waals surface area contributed by atoms with Crippen molar-refractivity contribution in [1.82, 2.24) is 0 Å². The number of ketones is 1. The molecular formula is C15H26O5. The third-order valence-electron chi connectivity index (χ3n) is 2.57. The number of Topliss-reactive ketones (excluding diaryl/α,β-unsaturated/α-hetero) is 1. The molecule has 0 unspecified atom stereocenters. The largest absolute Gasteiger partial charge is 0.478 e. The van der Waals surface area contributed by atoms with E-state index in [4.69, 9.17) is 10.2 Å². The van der Waals surface area contributed by atoms with Crippen LogP contribution in [0.3, 0.4) is 0 Å². The first-order valence-electron chi connectivity index (χ1n) is 7.09. The maximum absolute atomic E-state index is 10.9. The van der Waals surface area contributed by atoms with Gasteiger partial charge in [-0.15, -0.1) is 0 Å². The van der Waals surface area contributed by atoms with Crippen LogP contribution in [0.25, 0.3) is 0 Å². The Hall–Kier alpha value is -1.65. The maximum Gasteiger partial charge on any atom is 0.328 e. The molecule has 5 heteroatoms. The summed E-state index contributed by atoms with van der Waals surface area (Å²) in [6.07, 6.45) is 10.3. The van der Waals surface area contributed by atoms with Crippen LogP contribution in [0.15, 0.2) is 12.2 Å². The van der Waals surface area contributed by atoms with Gasteiger partial charge in [0.05, 0.1) is 0 Å². The van der Waals surface area contributed by atoms with Gasteiger partial charge in [-0.1, -0.05) is 46.0 Å². The zero-order chi connectivity index (χ0) is 15.8. The molecule has 0 aliphatic heterocycles. The first kappa shape index (κ1) is 20.7. The van der Waals surface area contributed by atoms with Crippen LogP contribution >= 0.6 is 0 Å². The van der Waals surface area contributed by atoms with Crippen molar-refractivity contribution < 1.29 is 24.6 Å². The van der Waals surface area contributed by atoms with Crippen LogP contribution in [0.4, 0.5) is 0 Å². The van der Waals surface area contributed by atoms with E-state index in [2.05, 4.69) is 6.92 Å². The Morgan fingerprint density at radius 2 is 1.25 bits per heavy atom. The van der Waals surface area contributed by atoms with E-state index in [0.29, 0.717) is 17.9 Å². The van der Waals surface area contributed by atoms with Gasteiger partial charge in [0.1, 0.15) is 5.78 Å². The molecule has 2 N–H and O–H groups in total. The number of hydrogen-bond acceptors (Lipinski definition) is 3. The van der Waals surface area contributed by atoms with Crippen molar-refractivity contribution in [3.8, 4) is 0 Å². The van der Waals surface area contributed by atoms with E-state index >= 15 is 0 Å². The Bertz CT molecular complexity index is 291.